The first-order valence-corrected chi connectivity index (χ1v) is 5.99. The topological polar surface area (TPSA) is 40.5 Å². The molecular weight excluding hydrogens is 210 g/mol. The van der Waals surface area contributed by atoms with Crippen molar-refractivity contribution < 1.29 is 9.90 Å². The fraction of sp³-hybridized carbons (Fsp3) is 0.545. The first kappa shape index (κ1) is 10.6. The van der Waals surface area contributed by atoms with Crippen LogP contribution < -0.4 is 0 Å². The molecule has 1 amide bonds. The highest BCUT2D eigenvalue weighted by molar-refractivity contribution is 7.13. The molecular formula is C11H15NO2S. The van der Waals surface area contributed by atoms with Crippen molar-refractivity contribution in [2.45, 2.75) is 13.3 Å². The molecule has 1 aromatic rings. The van der Waals surface area contributed by atoms with Gasteiger partial charge in [0.15, 0.2) is 0 Å². The van der Waals surface area contributed by atoms with E-state index in [0.717, 1.165) is 22.7 Å². The summed E-state index contributed by atoms with van der Waals surface area (Å²) in [5.74, 6) is 0.388. The van der Waals surface area contributed by atoms with Crippen LogP contribution in [0.15, 0.2) is 12.1 Å². The maximum absolute atomic E-state index is 12.0. The van der Waals surface area contributed by atoms with Crippen molar-refractivity contribution in [1.29, 1.82) is 0 Å². The molecule has 0 aliphatic carbocycles. The van der Waals surface area contributed by atoms with Crippen LogP contribution in [0.4, 0.5) is 0 Å². The first-order valence-electron chi connectivity index (χ1n) is 5.17. The van der Waals surface area contributed by atoms with E-state index in [0.29, 0.717) is 6.54 Å². The molecule has 0 aromatic carbocycles. The second-order valence-electron chi connectivity index (χ2n) is 4.00. The monoisotopic (exact) mass is 225 g/mol. The van der Waals surface area contributed by atoms with Crippen molar-refractivity contribution in [3.05, 3.63) is 21.9 Å². The van der Waals surface area contributed by atoms with E-state index in [-0.39, 0.29) is 18.4 Å². The number of thiophene rings is 1. The molecule has 2 rings (SSSR count). The summed E-state index contributed by atoms with van der Waals surface area (Å²) in [5, 5.41) is 9.00. The largest absolute Gasteiger partial charge is 0.396 e. The SMILES string of the molecule is Cc1ccc(C(=O)N2CCC(CO)C2)s1. The number of hydrogen-bond donors (Lipinski definition) is 1. The van der Waals surface area contributed by atoms with Crippen molar-refractivity contribution in [2.24, 2.45) is 5.92 Å². The highest BCUT2D eigenvalue weighted by Crippen LogP contribution is 2.22. The van der Waals surface area contributed by atoms with Gasteiger partial charge >= 0.3 is 0 Å². The van der Waals surface area contributed by atoms with Crippen LogP contribution >= 0.6 is 11.3 Å². The molecule has 0 bridgehead atoms. The predicted octanol–water partition coefficient (Wildman–Crippen LogP) is 1.51. The van der Waals surface area contributed by atoms with Crippen LogP contribution in [-0.2, 0) is 0 Å². The minimum Gasteiger partial charge on any atom is -0.396 e. The van der Waals surface area contributed by atoms with Crippen LogP contribution in [0.25, 0.3) is 0 Å². The van der Waals surface area contributed by atoms with Crippen LogP contribution in [0.2, 0.25) is 0 Å². The molecule has 0 spiro atoms. The molecule has 82 valence electrons. The number of amides is 1. The highest BCUT2D eigenvalue weighted by atomic mass is 32.1. The normalized spacial score (nSPS) is 20.9. The number of aryl methyl sites for hydroxylation is 1. The molecule has 1 atom stereocenters. The zero-order valence-electron chi connectivity index (χ0n) is 8.77. The summed E-state index contributed by atoms with van der Waals surface area (Å²) in [6.07, 6.45) is 0.923. The predicted molar refractivity (Wildman–Crippen MR) is 60.2 cm³/mol. The zero-order chi connectivity index (χ0) is 10.8. The van der Waals surface area contributed by atoms with Crippen LogP contribution in [0.5, 0.6) is 0 Å². The number of rotatable bonds is 2. The lowest BCUT2D eigenvalue weighted by Crippen LogP contribution is -2.28. The van der Waals surface area contributed by atoms with Gasteiger partial charge in [0.2, 0.25) is 0 Å². The van der Waals surface area contributed by atoms with Crippen LogP contribution in [0.1, 0.15) is 21.0 Å². The van der Waals surface area contributed by atoms with E-state index in [1.54, 1.807) is 0 Å². The minimum absolute atomic E-state index is 0.115. The number of nitrogens with zero attached hydrogens (tertiary/aromatic N) is 1. The number of aliphatic hydroxyl groups excluding tert-OH is 1. The smallest absolute Gasteiger partial charge is 0.263 e. The minimum atomic E-state index is 0.115. The van der Waals surface area contributed by atoms with Crippen LogP contribution in [0.3, 0.4) is 0 Å². The van der Waals surface area contributed by atoms with Crippen molar-refractivity contribution in [2.75, 3.05) is 19.7 Å². The quantitative estimate of drug-likeness (QED) is 0.829. The Morgan fingerprint density at radius 3 is 3.00 bits per heavy atom. The van der Waals surface area contributed by atoms with Gasteiger partial charge in [-0.3, -0.25) is 4.79 Å². The van der Waals surface area contributed by atoms with E-state index >= 15 is 0 Å². The fourth-order valence-electron chi connectivity index (χ4n) is 1.87. The third kappa shape index (κ3) is 2.21. The Balaban J connectivity index is 2.03. The van der Waals surface area contributed by atoms with Gasteiger partial charge in [-0.1, -0.05) is 0 Å². The van der Waals surface area contributed by atoms with E-state index in [9.17, 15) is 4.79 Å². The molecule has 15 heavy (non-hydrogen) atoms. The Morgan fingerprint density at radius 1 is 1.67 bits per heavy atom. The summed E-state index contributed by atoms with van der Waals surface area (Å²) in [5.41, 5.74) is 0. The second kappa shape index (κ2) is 4.33. The molecule has 0 saturated carbocycles. The molecule has 1 aromatic heterocycles. The Bertz CT molecular complexity index is 361. The lowest BCUT2D eigenvalue weighted by molar-refractivity contribution is 0.0786. The van der Waals surface area contributed by atoms with Crippen molar-refractivity contribution in [1.82, 2.24) is 4.90 Å². The van der Waals surface area contributed by atoms with Gasteiger partial charge in [-0.2, -0.15) is 0 Å². The van der Waals surface area contributed by atoms with Crippen molar-refractivity contribution >= 4 is 17.2 Å². The average molecular weight is 225 g/mol. The molecule has 1 aliphatic rings. The third-order valence-corrected chi connectivity index (χ3v) is 3.77. The molecule has 3 nitrogen and oxygen atoms in total. The summed E-state index contributed by atoms with van der Waals surface area (Å²) in [6, 6.07) is 3.85. The molecule has 1 N–H and O–H groups in total. The van der Waals surface area contributed by atoms with Crippen LogP contribution in [0, 0.1) is 12.8 Å². The van der Waals surface area contributed by atoms with Gasteiger partial charge in [0.25, 0.3) is 5.91 Å². The summed E-state index contributed by atoms with van der Waals surface area (Å²) >= 11 is 1.54. The molecule has 1 aliphatic heterocycles. The third-order valence-electron chi connectivity index (χ3n) is 2.78. The number of carbonyl (C=O) groups excluding carboxylic acids is 1. The van der Waals surface area contributed by atoms with Crippen molar-refractivity contribution in [3.8, 4) is 0 Å². The Morgan fingerprint density at radius 2 is 2.47 bits per heavy atom. The lowest BCUT2D eigenvalue weighted by atomic mass is 10.1. The maximum Gasteiger partial charge on any atom is 0.263 e. The Hall–Kier alpha value is -0.870. The summed E-state index contributed by atoms with van der Waals surface area (Å²) < 4.78 is 0. The van der Waals surface area contributed by atoms with Gasteiger partial charge in [0.1, 0.15) is 0 Å². The summed E-state index contributed by atoms with van der Waals surface area (Å²) in [7, 11) is 0. The van der Waals surface area contributed by atoms with Gasteiger partial charge in [-0.15, -0.1) is 11.3 Å². The summed E-state index contributed by atoms with van der Waals surface area (Å²) in [6.45, 7) is 3.67. The van der Waals surface area contributed by atoms with E-state index < -0.39 is 0 Å². The Labute approximate surface area is 93.3 Å². The van der Waals surface area contributed by atoms with Gasteiger partial charge in [-0.25, -0.2) is 0 Å². The molecule has 1 saturated heterocycles. The molecule has 2 heterocycles. The van der Waals surface area contributed by atoms with Gasteiger partial charge in [-0.05, 0) is 25.5 Å². The van der Waals surface area contributed by atoms with E-state index in [4.69, 9.17) is 5.11 Å². The summed E-state index contributed by atoms with van der Waals surface area (Å²) in [4.78, 5) is 15.8. The first-order chi connectivity index (χ1) is 7.20. The van der Waals surface area contributed by atoms with E-state index in [1.165, 1.54) is 11.3 Å². The Kier molecular flexibility index (Phi) is 3.07. The molecule has 1 unspecified atom stereocenters. The number of likely N-dealkylation sites (tertiary alicyclic amines) is 1. The van der Waals surface area contributed by atoms with Gasteiger partial charge in [0.05, 0.1) is 4.88 Å². The number of hydrogen-bond acceptors (Lipinski definition) is 3. The fourth-order valence-corrected chi connectivity index (χ4v) is 2.71. The van der Waals surface area contributed by atoms with Gasteiger partial charge in [0, 0.05) is 30.5 Å². The molecule has 0 radical (unpaired) electrons. The second-order valence-corrected chi connectivity index (χ2v) is 5.29. The zero-order valence-corrected chi connectivity index (χ0v) is 9.59. The maximum atomic E-state index is 12.0. The standard InChI is InChI=1S/C11H15NO2S/c1-8-2-3-10(15-8)11(14)12-5-4-9(6-12)7-13/h2-3,9,13H,4-7H2,1H3. The van der Waals surface area contributed by atoms with Gasteiger partial charge < -0.3 is 10.0 Å². The highest BCUT2D eigenvalue weighted by Gasteiger charge is 2.26. The lowest BCUT2D eigenvalue weighted by Gasteiger charge is -2.14. The molecule has 1 fully saturated rings. The molecule has 4 heteroatoms. The average Bonchev–Trinajstić information content (AvgIpc) is 2.84. The van der Waals surface area contributed by atoms with E-state index in [2.05, 4.69) is 0 Å². The van der Waals surface area contributed by atoms with Crippen molar-refractivity contribution in [3.63, 3.8) is 0 Å². The van der Waals surface area contributed by atoms with Crippen LogP contribution in [-0.4, -0.2) is 35.6 Å². The van der Waals surface area contributed by atoms with E-state index in [1.807, 2.05) is 24.0 Å². The number of carbonyl (C=O) groups is 1. The number of aliphatic hydroxyl groups is 1.